The van der Waals surface area contributed by atoms with Gasteiger partial charge in [-0.05, 0) is 18.3 Å². The van der Waals surface area contributed by atoms with E-state index in [0.717, 1.165) is 0 Å². The van der Waals surface area contributed by atoms with Gasteiger partial charge in [0.05, 0.1) is 6.04 Å². The fourth-order valence-electron chi connectivity index (χ4n) is 2.69. The number of allylic oxidation sites excluding steroid dienone is 1. The maximum atomic E-state index is 12.1. The minimum atomic E-state index is -0.484. The zero-order valence-electron chi connectivity index (χ0n) is 9.68. The smallest absolute Gasteiger partial charge is 0.416 e. The number of carbonyl (C=O) groups excluding carboxylic acids is 2. The number of hydrogen-bond donors (Lipinski definition) is 0. The first kappa shape index (κ1) is 11.2. The summed E-state index contributed by atoms with van der Waals surface area (Å²) in [5.41, 5.74) is 0. The molecule has 88 valence electrons. The van der Waals surface area contributed by atoms with Crippen LogP contribution in [0.3, 0.4) is 0 Å². The quantitative estimate of drug-likeness (QED) is 0.671. The summed E-state index contributed by atoms with van der Waals surface area (Å²) in [5, 5.41) is 0. The van der Waals surface area contributed by atoms with Crippen molar-refractivity contribution in [2.24, 2.45) is 17.8 Å². The van der Waals surface area contributed by atoms with Crippen molar-refractivity contribution >= 4 is 12.0 Å². The molecule has 0 aromatic carbocycles. The van der Waals surface area contributed by atoms with E-state index in [0.29, 0.717) is 13.0 Å². The molecular weight excluding hydrogens is 206 g/mol. The van der Waals surface area contributed by atoms with Crippen LogP contribution < -0.4 is 0 Å². The first-order valence-corrected chi connectivity index (χ1v) is 5.68. The van der Waals surface area contributed by atoms with E-state index >= 15 is 0 Å². The second kappa shape index (κ2) is 3.92. The second-order valence-electron chi connectivity index (χ2n) is 4.70. The van der Waals surface area contributed by atoms with Gasteiger partial charge in [0.25, 0.3) is 0 Å². The monoisotopic (exact) mass is 223 g/mol. The molecule has 0 radical (unpaired) electrons. The summed E-state index contributed by atoms with van der Waals surface area (Å²) >= 11 is 0. The molecule has 4 heteroatoms. The summed E-state index contributed by atoms with van der Waals surface area (Å²) in [6.07, 6.45) is 1.89. The SMILES string of the molecule is C=CC[C@H]1C(=O)N2C(=O)OC[C@@H]2C(C)C1C. The highest BCUT2D eigenvalue weighted by atomic mass is 16.6. The normalized spacial score (nSPS) is 38.2. The minimum absolute atomic E-state index is 0.0731. The Morgan fingerprint density at radius 3 is 2.75 bits per heavy atom. The Bertz CT molecular complexity index is 339. The van der Waals surface area contributed by atoms with E-state index in [9.17, 15) is 9.59 Å². The zero-order chi connectivity index (χ0) is 11.9. The number of amides is 2. The molecule has 0 bridgehead atoms. The average molecular weight is 223 g/mol. The van der Waals surface area contributed by atoms with Crippen LogP contribution in [-0.2, 0) is 9.53 Å². The van der Waals surface area contributed by atoms with E-state index in [-0.39, 0.29) is 29.7 Å². The van der Waals surface area contributed by atoms with Gasteiger partial charge in [-0.2, -0.15) is 0 Å². The molecule has 2 unspecified atom stereocenters. The van der Waals surface area contributed by atoms with Crippen LogP contribution in [0.2, 0.25) is 0 Å². The number of piperidine rings is 1. The first-order valence-electron chi connectivity index (χ1n) is 5.68. The Labute approximate surface area is 95.2 Å². The van der Waals surface area contributed by atoms with Gasteiger partial charge in [0.2, 0.25) is 5.91 Å². The van der Waals surface area contributed by atoms with Crippen molar-refractivity contribution in [2.75, 3.05) is 6.61 Å². The van der Waals surface area contributed by atoms with Gasteiger partial charge >= 0.3 is 6.09 Å². The summed E-state index contributed by atoms with van der Waals surface area (Å²) in [5.74, 6) is 0.322. The van der Waals surface area contributed by atoms with Gasteiger partial charge in [-0.15, -0.1) is 6.58 Å². The molecule has 0 saturated carbocycles. The highest BCUT2D eigenvalue weighted by molar-refractivity contribution is 5.95. The molecule has 2 amide bonds. The fraction of sp³-hybridized carbons (Fsp3) is 0.667. The van der Waals surface area contributed by atoms with Crippen molar-refractivity contribution in [1.29, 1.82) is 0 Å². The van der Waals surface area contributed by atoms with E-state index in [4.69, 9.17) is 4.74 Å². The van der Waals surface area contributed by atoms with E-state index in [1.54, 1.807) is 6.08 Å². The number of fused-ring (bicyclic) bond motifs is 1. The van der Waals surface area contributed by atoms with Crippen molar-refractivity contribution in [3.8, 4) is 0 Å². The summed E-state index contributed by atoms with van der Waals surface area (Å²) in [7, 11) is 0. The third-order valence-electron chi connectivity index (χ3n) is 3.95. The molecule has 2 saturated heterocycles. The second-order valence-corrected chi connectivity index (χ2v) is 4.70. The number of carbonyl (C=O) groups is 2. The molecule has 2 aliphatic heterocycles. The highest BCUT2D eigenvalue weighted by Gasteiger charge is 2.50. The highest BCUT2D eigenvalue weighted by Crippen LogP contribution is 2.38. The lowest BCUT2D eigenvalue weighted by Gasteiger charge is -2.40. The Morgan fingerprint density at radius 1 is 1.44 bits per heavy atom. The summed E-state index contributed by atoms with van der Waals surface area (Å²) in [6, 6.07) is -0.0731. The predicted octanol–water partition coefficient (Wildman–Crippen LogP) is 1.81. The standard InChI is InChI=1S/C12H17NO3/c1-4-5-9-7(2)8(3)10-6-16-12(15)13(10)11(9)14/h4,7-10H,1,5-6H2,2-3H3/t7?,8?,9-,10-/m1/s1. The van der Waals surface area contributed by atoms with Crippen LogP contribution in [0.15, 0.2) is 12.7 Å². The Morgan fingerprint density at radius 2 is 2.12 bits per heavy atom. The minimum Gasteiger partial charge on any atom is -0.447 e. The summed E-state index contributed by atoms with van der Waals surface area (Å²) in [6.45, 7) is 8.15. The van der Waals surface area contributed by atoms with Crippen LogP contribution in [0.1, 0.15) is 20.3 Å². The van der Waals surface area contributed by atoms with Crippen LogP contribution >= 0.6 is 0 Å². The topological polar surface area (TPSA) is 46.6 Å². The molecule has 0 aromatic heterocycles. The van der Waals surface area contributed by atoms with Crippen LogP contribution in [0, 0.1) is 17.8 Å². The van der Waals surface area contributed by atoms with Gasteiger partial charge in [-0.3, -0.25) is 4.79 Å². The molecule has 4 nitrogen and oxygen atoms in total. The Balaban J connectivity index is 2.29. The van der Waals surface area contributed by atoms with Crippen LogP contribution in [0.5, 0.6) is 0 Å². The number of nitrogens with zero attached hydrogens (tertiary/aromatic N) is 1. The van der Waals surface area contributed by atoms with Crippen LogP contribution in [0.25, 0.3) is 0 Å². The lowest BCUT2D eigenvalue weighted by Crippen LogP contribution is -2.54. The maximum absolute atomic E-state index is 12.1. The molecule has 2 fully saturated rings. The van der Waals surface area contributed by atoms with E-state index < -0.39 is 6.09 Å². The number of cyclic esters (lactones) is 1. The van der Waals surface area contributed by atoms with Gasteiger partial charge in [0.1, 0.15) is 6.61 Å². The third-order valence-corrected chi connectivity index (χ3v) is 3.95. The molecule has 16 heavy (non-hydrogen) atoms. The zero-order valence-corrected chi connectivity index (χ0v) is 9.68. The molecule has 4 atom stereocenters. The molecule has 0 N–H and O–H groups in total. The van der Waals surface area contributed by atoms with Gasteiger partial charge in [-0.25, -0.2) is 9.69 Å². The van der Waals surface area contributed by atoms with Gasteiger partial charge < -0.3 is 4.74 Å². The third kappa shape index (κ3) is 1.44. The van der Waals surface area contributed by atoms with Crippen molar-refractivity contribution in [2.45, 2.75) is 26.3 Å². The van der Waals surface area contributed by atoms with Crippen molar-refractivity contribution in [3.63, 3.8) is 0 Å². The molecule has 0 aliphatic carbocycles. The predicted molar refractivity (Wildman–Crippen MR) is 58.6 cm³/mol. The van der Waals surface area contributed by atoms with Crippen molar-refractivity contribution in [3.05, 3.63) is 12.7 Å². The van der Waals surface area contributed by atoms with Crippen LogP contribution in [-0.4, -0.2) is 29.5 Å². The van der Waals surface area contributed by atoms with Crippen molar-refractivity contribution < 1.29 is 14.3 Å². The lowest BCUT2D eigenvalue weighted by molar-refractivity contribution is -0.141. The van der Waals surface area contributed by atoms with E-state index in [1.807, 2.05) is 0 Å². The average Bonchev–Trinajstić information content (AvgIpc) is 2.64. The molecule has 0 aromatic rings. The molecule has 0 spiro atoms. The fourth-order valence-corrected chi connectivity index (χ4v) is 2.69. The maximum Gasteiger partial charge on any atom is 0.416 e. The van der Waals surface area contributed by atoms with Gasteiger partial charge in [0.15, 0.2) is 0 Å². The summed E-state index contributed by atoms with van der Waals surface area (Å²) < 4.78 is 4.96. The van der Waals surface area contributed by atoms with Crippen LogP contribution in [0.4, 0.5) is 4.79 Å². The number of hydrogen-bond acceptors (Lipinski definition) is 3. The lowest BCUT2D eigenvalue weighted by atomic mass is 9.74. The Hall–Kier alpha value is -1.32. The number of ether oxygens (including phenoxy) is 1. The Kier molecular flexibility index (Phi) is 2.74. The molecular formula is C12H17NO3. The first-order chi connectivity index (χ1) is 7.57. The summed E-state index contributed by atoms with van der Waals surface area (Å²) in [4.78, 5) is 24.9. The van der Waals surface area contributed by atoms with E-state index in [2.05, 4.69) is 20.4 Å². The number of imide groups is 1. The molecule has 2 heterocycles. The largest absolute Gasteiger partial charge is 0.447 e. The van der Waals surface area contributed by atoms with E-state index in [1.165, 1.54) is 4.90 Å². The van der Waals surface area contributed by atoms with Gasteiger partial charge in [-0.1, -0.05) is 19.9 Å². The molecule has 2 rings (SSSR count). The molecule has 2 aliphatic rings. The van der Waals surface area contributed by atoms with Crippen molar-refractivity contribution in [1.82, 2.24) is 4.90 Å². The van der Waals surface area contributed by atoms with Gasteiger partial charge in [0, 0.05) is 5.92 Å². The number of rotatable bonds is 2.